The zero-order valence-electron chi connectivity index (χ0n) is 11.9. The third-order valence-electron chi connectivity index (χ3n) is 2.94. The maximum absolute atomic E-state index is 12.0. The molecule has 0 spiro atoms. The maximum Gasteiger partial charge on any atom is 0.340 e. The third-order valence-corrected chi connectivity index (χ3v) is 3.24. The lowest BCUT2D eigenvalue weighted by Gasteiger charge is -2.18. The van der Waals surface area contributed by atoms with E-state index in [9.17, 15) is 4.79 Å². The SMILES string of the molecule is CCOC(=O)c1cc(N)cc(Cl)c1NC(C)c1ccco1. The molecule has 0 saturated heterocycles. The molecule has 0 bridgehead atoms. The smallest absolute Gasteiger partial charge is 0.340 e. The van der Waals surface area contributed by atoms with Crippen molar-refractivity contribution in [3.8, 4) is 0 Å². The van der Waals surface area contributed by atoms with E-state index in [1.54, 1.807) is 31.4 Å². The van der Waals surface area contributed by atoms with Crippen LogP contribution in [0.15, 0.2) is 34.9 Å². The van der Waals surface area contributed by atoms with Crippen LogP contribution in [0.2, 0.25) is 5.02 Å². The first-order valence-corrected chi connectivity index (χ1v) is 6.96. The number of carbonyl (C=O) groups is 1. The number of hydrogen-bond donors (Lipinski definition) is 2. The molecule has 21 heavy (non-hydrogen) atoms. The summed E-state index contributed by atoms with van der Waals surface area (Å²) in [6, 6.07) is 6.61. The van der Waals surface area contributed by atoms with Gasteiger partial charge in [-0.05, 0) is 38.1 Å². The number of rotatable bonds is 5. The van der Waals surface area contributed by atoms with Gasteiger partial charge in [-0.2, -0.15) is 0 Å². The molecular weight excluding hydrogens is 292 g/mol. The molecule has 6 heteroatoms. The Morgan fingerprint density at radius 2 is 2.29 bits per heavy atom. The minimum absolute atomic E-state index is 0.158. The summed E-state index contributed by atoms with van der Waals surface area (Å²) >= 11 is 6.20. The number of carbonyl (C=O) groups excluding carboxylic acids is 1. The molecule has 2 rings (SSSR count). The van der Waals surface area contributed by atoms with Gasteiger partial charge in [0.1, 0.15) is 5.76 Å². The second-order valence-corrected chi connectivity index (χ2v) is 4.93. The van der Waals surface area contributed by atoms with Crippen LogP contribution in [0.4, 0.5) is 11.4 Å². The molecule has 2 aromatic rings. The Bertz CT molecular complexity index is 626. The number of halogens is 1. The summed E-state index contributed by atoms with van der Waals surface area (Å²) in [6.45, 7) is 3.92. The van der Waals surface area contributed by atoms with Crippen molar-refractivity contribution < 1.29 is 13.9 Å². The highest BCUT2D eigenvalue weighted by Gasteiger charge is 2.19. The average molecular weight is 309 g/mol. The summed E-state index contributed by atoms with van der Waals surface area (Å²) in [5.74, 6) is 0.263. The van der Waals surface area contributed by atoms with Crippen LogP contribution in [0.1, 0.15) is 36.0 Å². The molecule has 0 saturated carbocycles. The lowest BCUT2D eigenvalue weighted by molar-refractivity contribution is 0.0527. The first kappa shape index (κ1) is 15.3. The fourth-order valence-electron chi connectivity index (χ4n) is 1.97. The van der Waals surface area contributed by atoms with Gasteiger partial charge in [0.25, 0.3) is 0 Å². The summed E-state index contributed by atoms with van der Waals surface area (Å²) in [5.41, 5.74) is 6.94. The van der Waals surface area contributed by atoms with Crippen molar-refractivity contribution in [1.82, 2.24) is 0 Å². The van der Waals surface area contributed by atoms with Crippen molar-refractivity contribution in [2.45, 2.75) is 19.9 Å². The van der Waals surface area contributed by atoms with Crippen LogP contribution in [0.25, 0.3) is 0 Å². The fraction of sp³-hybridized carbons (Fsp3) is 0.267. The summed E-state index contributed by atoms with van der Waals surface area (Å²) in [4.78, 5) is 12.0. The van der Waals surface area contributed by atoms with Crippen LogP contribution in [0.5, 0.6) is 0 Å². The number of benzene rings is 1. The van der Waals surface area contributed by atoms with Crippen LogP contribution in [-0.4, -0.2) is 12.6 Å². The molecule has 1 aromatic carbocycles. The largest absolute Gasteiger partial charge is 0.467 e. The molecule has 0 amide bonds. The molecule has 1 aromatic heterocycles. The fourth-order valence-corrected chi connectivity index (χ4v) is 2.25. The number of esters is 1. The second kappa shape index (κ2) is 6.54. The van der Waals surface area contributed by atoms with Crippen LogP contribution in [-0.2, 0) is 4.74 Å². The summed E-state index contributed by atoms with van der Waals surface area (Å²) in [5, 5.41) is 3.52. The molecule has 112 valence electrons. The van der Waals surface area contributed by atoms with Gasteiger partial charge in [-0.15, -0.1) is 0 Å². The highest BCUT2D eigenvalue weighted by Crippen LogP contribution is 2.32. The number of nitrogens with one attached hydrogen (secondary N) is 1. The van der Waals surface area contributed by atoms with Gasteiger partial charge in [0, 0.05) is 5.69 Å². The number of ether oxygens (including phenoxy) is 1. The van der Waals surface area contributed by atoms with Gasteiger partial charge in [0.2, 0.25) is 0 Å². The molecule has 1 unspecified atom stereocenters. The molecule has 1 atom stereocenters. The summed E-state index contributed by atoms with van der Waals surface area (Å²) < 4.78 is 10.4. The monoisotopic (exact) mass is 308 g/mol. The van der Waals surface area contributed by atoms with Crippen LogP contribution in [0, 0.1) is 0 Å². The first-order valence-electron chi connectivity index (χ1n) is 6.59. The zero-order chi connectivity index (χ0) is 15.4. The molecule has 0 radical (unpaired) electrons. The van der Waals surface area contributed by atoms with Crippen LogP contribution >= 0.6 is 11.6 Å². The molecule has 3 N–H and O–H groups in total. The van der Waals surface area contributed by atoms with Crippen LogP contribution in [0.3, 0.4) is 0 Å². The van der Waals surface area contributed by atoms with Gasteiger partial charge in [0.05, 0.1) is 35.2 Å². The Hall–Kier alpha value is -2.14. The quantitative estimate of drug-likeness (QED) is 0.647. The molecule has 1 heterocycles. The minimum Gasteiger partial charge on any atom is -0.467 e. The molecule has 0 aliphatic heterocycles. The van der Waals surface area contributed by atoms with E-state index in [-0.39, 0.29) is 12.6 Å². The topological polar surface area (TPSA) is 77.5 Å². The lowest BCUT2D eigenvalue weighted by atomic mass is 10.1. The molecule has 5 nitrogen and oxygen atoms in total. The number of nitrogen functional groups attached to an aromatic ring is 1. The lowest BCUT2D eigenvalue weighted by Crippen LogP contribution is -2.13. The predicted octanol–water partition coefficient (Wildman–Crippen LogP) is 3.87. The normalized spacial score (nSPS) is 12.0. The van der Waals surface area contributed by atoms with E-state index in [0.29, 0.717) is 22.0 Å². The average Bonchev–Trinajstić information content (AvgIpc) is 2.95. The van der Waals surface area contributed by atoms with Crippen molar-refractivity contribution in [2.24, 2.45) is 0 Å². The second-order valence-electron chi connectivity index (χ2n) is 4.53. The van der Waals surface area contributed by atoms with E-state index in [2.05, 4.69) is 5.32 Å². The van der Waals surface area contributed by atoms with Crippen molar-refractivity contribution >= 4 is 28.9 Å². The molecule has 0 aliphatic rings. The predicted molar refractivity (Wildman–Crippen MR) is 82.6 cm³/mol. The highest BCUT2D eigenvalue weighted by atomic mass is 35.5. The number of anilines is 2. The number of hydrogen-bond acceptors (Lipinski definition) is 5. The summed E-state index contributed by atoms with van der Waals surface area (Å²) in [6.07, 6.45) is 1.59. The Kier molecular flexibility index (Phi) is 4.75. The standard InChI is InChI=1S/C15H17ClN2O3/c1-3-20-15(19)11-7-10(17)8-12(16)14(11)18-9(2)13-5-4-6-21-13/h4-9,18H,3,17H2,1-2H3. The Morgan fingerprint density at radius 1 is 1.52 bits per heavy atom. The molecule has 0 fully saturated rings. The maximum atomic E-state index is 12.0. The van der Waals surface area contributed by atoms with Crippen molar-refractivity contribution in [1.29, 1.82) is 0 Å². The minimum atomic E-state index is -0.471. The van der Waals surface area contributed by atoms with E-state index < -0.39 is 5.97 Å². The van der Waals surface area contributed by atoms with Crippen molar-refractivity contribution in [3.63, 3.8) is 0 Å². The van der Waals surface area contributed by atoms with Crippen LogP contribution < -0.4 is 11.1 Å². The van der Waals surface area contributed by atoms with E-state index in [4.69, 9.17) is 26.5 Å². The molecular formula is C15H17ClN2O3. The van der Waals surface area contributed by atoms with Gasteiger partial charge < -0.3 is 20.2 Å². The Morgan fingerprint density at radius 3 is 2.90 bits per heavy atom. The molecule has 0 aliphatic carbocycles. The van der Waals surface area contributed by atoms with Gasteiger partial charge >= 0.3 is 5.97 Å². The highest BCUT2D eigenvalue weighted by molar-refractivity contribution is 6.34. The Labute approximate surface area is 128 Å². The first-order chi connectivity index (χ1) is 10.0. The van der Waals surface area contributed by atoms with E-state index >= 15 is 0 Å². The van der Waals surface area contributed by atoms with E-state index in [0.717, 1.165) is 5.76 Å². The van der Waals surface area contributed by atoms with E-state index in [1.165, 1.54) is 0 Å². The van der Waals surface area contributed by atoms with E-state index in [1.807, 2.05) is 13.0 Å². The van der Waals surface area contributed by atoms with Gasteiger partial charge in [-0.25, -0.2) is 4.79 Å². The number of nitrogens with two attached hydrogens (primary N) is 1. The summed E-state index contributed by atoms with van der Waals surface area (Å²) in [7, 11) is 0. The van der Waals surface area contributed by atoms with Gasteiger partial charge in [-0.1, -0.05) is 11.6 Å². The Balaban J connectivity index is 2.35. The zero-order valence-corrected chi connectivity index (χ0v) is 12.6. The van der Waals surface area contributed by atoms with Crippen molar-refractivity contribution in [3.05, 3.63) is 46.9 Å². The van der Waals surface area contributed by atoms with Gasteiger partial charge in [-0.3, -0.25) is 0 Å². The van der Waals surface area contributed by atoms with Crippen molar-refractivity contribution in [2.75, 3.05) is 17.7 Å². The third kappa shape index (κ3) is 3.49. The number of furan rings is 1. The van der Waals surface area contributed by atoms with Gasteiger partial charge in [0.15, 0.2) is 0 Å².